The van der Waals surface area contributed by atoms with Crippen LogP contribution in [0.5, 0.6) is 0 Å². The second-order valence-electron chi connectivity index (χ2n) is 2.62. The quantitative estimate of drug-likeness (QED) is 0.335. The first-order valence-corrected chi connectivity index (χ1v) is 4.07. The van der Waals surface area contributed by atoms with E-state index in [4.69, 9.17) is 11.5 Å². The summed E-state index contributed by atoms with van der Waals surface area (Å²) in [5.74, 6) is 1.28. The molecule has 0 aromatic carbocycles. The molecule has 0 aliphatic carbocycles. The molecule has 2 rings (SSSR count). The summed E-state index contributed by atoms with van der Waals surface area (Å²) in [6, 6.07) is 0. The molecule has 10 nitrogen and oxygen atoms in total. The first kappa shape index (κ1) is 9.05. The van der Waals surface area contributed by atoms with E-state index in [9.17, 15) is 0 Å². The number of aromatic amines is 2. The summed E-state index contributed by atoms with van der Waals surface area (Å²) in [5.41, 5.74) is 10.7. The predicted molar refractivity (Wildman–Crippen MR) is 53.7 cm³/mol. The smallest absolute Gasteiger partial charge is 0.245 e. The average Bonchev–Trinajstić information content (AvgIpc) is 2.76. The van der Waals surface area contributed by atoms with Crippen molar-refractivity contribution in [2.24, 2.45) is 0 Å². The van der Waals surface area contributed by atoms with Gasteiger partial charge in [0.05, 0.1) is 6.67 Å². The molecule has 0 bridgehead atoms. The molecule has 0 aliphatic rings. The van der Waals surface area contributed by atoms with Crippen molar-refractivity contribution in [2.45, 2.75) is 0 Å². The van der Waals surface area contributed by atoms with E-state index in [1.54, 1.807) is 0 Å². The number of nitrogens with zero attached hydrogens (tertiary/aromatic N) is 4. The number of H-pyrrole nitrogens is 2. The Balaban J connectivity index is 1.80. The Kier molecular flexibility index (Phi) is 2.23. The lowest BCUT2D eigenvalue weighted by Gasteiger charge is -2.00. The van der Waals surface area contributed by atoms with E-state index in [1.807, 2.05) is 0 Å². The standard InChI is InChI=1S/C5H10N10/c6-2-10-4(14-12-2)8-1-9-5-11-3(7)13-15-5/h1H2,(H4,6,8,10,12,14)(H4,7,9,11,13,15). The molecule has 2 aromatic heterocycles. The second kappa shape index (κ2) is 3.69. The zero-order valence-corrected chi connectivity index (χ0v) is 7.65. The minimum Gasteiger partial charge on any atom is -0.368 e. The fraction of sp³-hybridized carbons (Fsp3) is 0.200. The van der Waals surface area contributed by atoms with Gasteiger partial charge in [0.25, 0.3) is 0 Å². The average molecular weight is 210 g/mol. The van der Waals surface area contributed by atoms with Gasteiger partial charge in [-0.3, -0.25) is 0 Å². The van der Waals surface area contributed by atoms with E-state index in [2.05, 4.69) is 41.0 Å². The third kappa shape index (κ3) is 2.24. The molecule has 0 fully saturated rings. The third-order valence-corrected chi connectivity index (χ3v) is 1.50. The molecule has 0 saturated carbocycles. The van der Waals surface area contributed by atoms with Crippen molar-refractivity contribution in [3.05, 3.63) is 0 Å². The van der Waals surface area contributed by atoms with Crippen LogP contribution in [0.15, 0.2) is 0 Å². The summed E-state index contributed by atoms with van der Waals surface area (Å²) in [5, 5.41) is 18.2. The van der Waals surface area contributed by atoms with Gasteiger partial charge in [-0.2, -0.15) is 9.97 Å². The lowest BCUT2D eigenvalue weighted by atomic mass is 10.8. The molecule has 80 valence electrons. The highest BCUT2D eigenvalue weighted by Gasteiger charge is 2.00. The van der Waals surface area contributed by atoms with Gasteiger partial charge in [0, 0.05) is 0 Å². The second-order valence-corrected chi connectivity index (χ2v) is 2.62. The highest BCUT2D eigenvalue weighted by Crippen LogP contribution is 2.00. The lowest BCUT2D eigenvalue weighted by Crippen LogP contribution is -2.13. The fourth-order valence-electron chi connectivity index (χ4n) is 0.909. The van der Waals surface area contributed by atoms with E-state index in [-0.39, 0.29) is 11.9 Å². The Labute approximate surface area is 83.9 Å². The van der Waals surface area contributed by atoms with Gasteiger partial charge in [-0.15, -0.1) is 10.2 Å². The van der Waals surface area contributed by atoms with Crippen LogP contribution in [-0.4, -0.2) is 37.0 Å². The number of nitrogens with two attached hydrogens (primary N) is 2. The Morgan fingerprint density at radius 3 is 1.73 bits per heavy atom. The minimum absolute atomic E-state index is 0.250. The zero-order chi connectivity index (χ0) is 10.7. The highest BCUT2D eigenvalue weighted by molar-refractivity contribution is 5.34. The molecule has 0 radical (unpaired) electrons. The SMILES string of the molecule is Nc1nc(NCNc2n[nH]c(N)n2)n[nH]1. The molecule has 8 N–H and O–H groups in total. The number of hydrogen-bond donors (Lipinski definition) is 6. The van der Waals surface area contributed by atoms with Crippen LogP contribution in [0.4, 0.5) is 23.8 Å². The van der Waals surface area contributed by atoms with Crippen LogP contribution in [0, 0.1) is 0 Å². The van der Waals surface area contributed by atoms with Crippen molar-refractivity contribution >= 4 is 23.8 Å². The maximum atomic E-state index is 5.33. The first-order chi connectivity index (χ1) is 7.24. The summed E-state index contributed by atoms with van der Waals surface area (Å²) in [6.45, 7) is 0.356. The summed E-state index contributed by atoms with van der Waals surface area (Å²) in [4.78, 5) is 7.67. The number of aromatic nitrogens is 6. The van der Waals surface area contributed by atoms with Gasteiger partial charge >= 0.3 is 0 Å². The molecule has 0 saturated heterocycles. The molecule has 10 heteroatoms. The van der Waals surface area contributed by atoms with Crippen molar-refractivity contribution in [3.8, 4) is 0 Å². The molecule has 0 spiro atoms. The maximum absolute atomic E-state index is 5.33. The largest absolute Gasteiger partial charge is 0.368 e. The van der Waals surface area contributed by atoms with Crippen molar-refractivity contribution < 1.29 is 0 Å². The van der Waals surface area contributed by atoms with E-state index in [0.29, 0.717) is 18.6 Å². The number of anilines is 4. The third-order valence-electron chi connectivity index (χ3n) is 1.50. The van der Waals surface area contributed by atoms with Crippen LogP contribution in [-0.2, 0) is 0 Å². The molecular weight excluding hydrogens is 200 g/mol. The topological polar surface area (TPSA) is 159 Å². The Bertz CT molecular complexity index is 388. The van der Waals surface area contributed by atoms with Crippen LogP contribution in [0.1, 0.15) is 0 Å². The summed E-state index contributed by atoms with van der Waals surface area (Å²) in [7, 11) is 0. The van der Waals surface area contributed by atoms with Gasteiger partial charge in [-0.05, 0) is 0 Å². The molecular formula is C5H10N10. The van der Waals surface area contributed by atoms with Crippen molar-refractivity contribution in [2.75, 3.05) is 28.8 Å². The maximum Gasteiger partial charge on any atom is 0.245 e. The van der Waals surface area contributed by atoms with Gasteiger partial charge in [-0.1, -0.05) is 0 Å². The monoisotopic (exact) mass is 210 g/mol. The van der Waals surface area contributed by atoms with E-state index in [1.165, 1.54) is 0 Å². The Hall–Kier alpha value is -2.52. The van der Waals surface area contributed by atoms with Crippen LogP contribution in [0.25, 0.3) is 0 Å². The predicted octanol–water partition coefficient (Wildman–Crippen LogP) is -1.43. The normalized spacial score (nSPS) is 10.1. The van der Waals surface area contributed by atoms with Gasteiger partial charge in [0.2, 0.25) is 23.8 Å². The van der Waals surface area contributed by atoms with Gasteiger partial charge in [-0.25, -0.2) is 10.2 Å². The molecule has 15 heavy (non-hydrogen) atoms. The zero-order valence-electron chi connectivity index (χ0n) is 7.65. The van der Waals surface area contributed by atoms with Crippen LogP contribution in [0.3, 0.4) is 0 Å². The molecule has 0 amide bonds. The molecule has 2 aromatic rings. The highest BCUT2D eigenvalue weighted by atomic mass is 15.4. The number of hydrogen-bond acceptors (Lipinski definition) is 8. The fourth-order valence-corrected chi connectivity index (χ4v) is 0.909. The van der Waals surface area contributed by atoms with Gasteiger partial charge < -0.3 is 22.1 Å². The minimum atomic E-state index is 0.250. The molecule has 0 atom stereocenters. The molecule has 2 heterocycles. The van der Waals surface area contributed by atoms with Gasteiger partial charge in [0.15, 0.2) is 0 Å². The Morgan fingerprint density at radius 1 is 0.933 bits per heavy atom. The van der Waals surface area contributed by atoms with E-state index in [0.717, 1.165) is 0 Å². The molecule has 0 aliphatic heterocycles. The molecule has 0 unspecified atom stereocenters. The lowest BCUT2D eigenvalue weighted by molar-refractivity contribution is 1.04. The number of rotatable bonds is 4. The van der Waals surface area contributed by atoms with Gasteiger partial charge in [0.1, 0.15) is 0 Å². The van der Waals surface area contributed by atoms with Crippen molar-refractivity contribution in [1.82, 2.24) is 30.4 Å². The summed E-state index contributed by atoms with van der Waals surface area (Å²) in [6.07, 6.45) is 0. The number of nitrogens with one attached hydrogen (secondary N) is 4. The van der Waals surface area contributed by atoms with E-state index >= 15 is 0 Å². The summed E-state index contributed by atoms with van der Waals surface area (Å²) < 4.78 is 0. The number of nitrogen functional groups attached to an aromatic ring is 2. The van der Waals surface area contributed by atoms with Crippen LogP contribution in [0.2, 0.25) is 0 Å². The van der Waals surface area contributed by atoms with E-state index < -0.39 is 0 Å². The van der Waals surface area contributed by atoms with Crippen LogP contribution >= 0.6 is 0 Å². The summed E-state index contributed by atoms with van der Waals surface area (Å²) >= 11 is 0. The Morgan fingerprint density at radius 2 is 1.40 bits per heavy atom. The first-order valence-electron chi connectivity index (χ1n) is 4.07. The van der Waals surface area contributed by atoms with Crippen molar-refractivity contribution in [3.63, 3.8) is 0 Å². The van der Waals surface area contributed by atoms with Crippen molar-refractivity contribution in [1.29, 1.82) is 0 Å². The van der Waals surface area contributed by atoms with Crippen LogP contribution < -0.4 is 22.1 Å².